The van der Waals surface area contributed by atoms with Gasteiger partial charge in [0, 0.05) is 71.1 Å². The highest BCUT2D eigenvalue weighted by atomic mass is 28.6. The molecule has 0 spiro atoms. The van der Waals surface area contributed by atoms with Gasteiger partial charge in [-0.15, -0.1) is 0 Å². The van der Waals surface area contributed by atoms with E-state index in [4.69, 9.17) is 64.8 Å². The minimum absolute atomic E-state index is 1.28. The van der Waals surface area contributed by atoms with Crippen LogP contribution in [0.2, 0.25) is 0 Å². The third kappa shape index (κ3) is 5.88. The molecule has 1 fully saturated rings. The monoisotopic (exact) mass is 530 g/mol. The van der Waals surface area contributed by atoms with Gasteiger partial charge in [-0.2, -0.15) is 0 Å². The standard InChI is InChI=1S/C10H30O15Si5/c1-11-26(12-2)21-27(13-3,14-4)23-29(17-7,18-8)25-30(19-9,20-10)24-28(15-5,16-6)22-26/h1-10H3. The van der Waals surface area contributed by atoms with Crippen LogP contribution in [0.25, 0.3) is 0 Å². The van der Waals surface area contributed by atoms with E-state index in [1.807, 2.05) is 0 Å². The zero-order valence-electron chi connectivity index (χ0n) is 18.6. The van der Waals surface area contributed by atoms with E-state index in [2.05, 4.69) is 0 Å². The number of hydrogen-bond donors (Lipinski definition) is 0. The molecule has 1 aliphatic rings. The van der Waals surface area contributed by atoms with Crippen molar-refractivity contribution in [2.45, 2.75) is 0 Å². The molecule has 0 radical (unpaired) electrons. The third-order valence-corrected chi connectivity index (χ3v) is 18.8. The van der Waals surface area contributed by atoms with Gasteiger partial charge in [0.2, 0.25) is 0 Å². The lowest BCUT2D eigenvalue weighted by Gasteiger charge is -2.43. The normalized spacial score (nSPS) is 25.0. The lowest BCUT2D eigenvalue weighted by atomic mass is 11.8. The van der Waals surface area contributed by atoms with Crippen molar-refractivity contribution in [3.05, 3.63) is 0 Å². The van der Waals surface area contributed by atoms with Gasteiger partial charge in [-0.25, -0.2) is 0 Å². The Balaban J connectivity index is 3.78. The zero-order chi connectivity index (χ0) is 23.1. The maximum atomic E-state index is 5.92. The Kier molecular flexibility index (Phi) is 11.0. The molecule has 0 aliphatic carbocycles. The second-order valence-electron chi connectivity index (χ2n) is 5.05. The molecule has 15 nitrogen and oxygen atoms in total. The van der Waals surface area contributed by atoms with Crippen LogP contribution in [0.5, 0.6) is 0 Å². The Morgan fingerprint density at radius 1 is 0.267 bits per heavy atom. The smallest absolute Gasteiger partial charge is 0.355 e. The topological polar surface area (TPSA) is 138 Å². The lowest BCUT2D eigenvalue weighted by Crippen LogP contribution is -2.75. The Hall–Kier alpha value is 0.484. The Labute approximate surface area is 181 Å². The molecule has 20 heteroatoms. The molecule has 1 aliphatic heterocycles. The minimum atomic E-state index is -4.16. The average molecular weight is 531 g/mol. The van der Waals surface area contributed by atoms with Crippen molar-refractivity contribution in [2.75, 3.05) is 71.1 Å². The fourth-order valence-electron chi connectivity index (χ4n) is 2.12. The summed E-state index contributed by atoms with van der Waals surface area (Å²) in [6.07, 6.45) is 0. The predicted molar refractivity (Wildman–Crippen MR) is 104 cm³/mol. The molecule has 0 aromatic rings. The summed E-state index contributed by atoms with van der Waals surface area (Å²) in [6.45, 7) is 0. The van der Waals surface area contributed by atoms with Crippen LogP contribution in [0.4, 0.5) is 0 Å². The summed E-state index contributed by atoms with van der Waals surface area (Å²) < 4.78 is 84.0. The van der Waals surface area contributed by atoms with E-state index in [1.165, 1.54) is 71.1 Å². The van der Waals surface area contributed by atoms with Crippen LogP contribution in [0.15, 0.2) is 0 Å². The van der Waals surface area contributed by atoms with Crippen molar-refractivity contribution in [2.24, 2.45) is 0 Å². The van der Waals surface area contributed by atoms with Gasteiger partial charge in [-0.1, -0.05) is 0 Å². The molecule has 30 heavy (non-hydrogen) atoms. The number of hydrogen-bond acceptors (Lipinski definition) is 15. The van der Waals surface area contributed by atoms with Gasteiger partial charge in [-0.3, -0.25) is 0 Å². The first-order valence-corrected chi connectivity index (χ1v) is 16.3. The fourth-order valence-corrected chi connectivity index (χ4v) is 18.5. The van der Waals surface area contributed by atoms with Crippen molar-refractivity contribution < 1.29 is 64.8 Å². The van der Waals surface area contributed by atoms with E-state index in [0.717, 1.165) is 0 Å². The highest BCUT2D eigenvalue weighted by Gasteiger charge is 2.74. The second kappa shape index (κ2) is 11.6. The van der Waals surface area contributed by atoms with E-state index < -0.39 is 45.2 Å². The molecule has 1 heterocycles. The highest BCUT2D eigenvalue weighted by Crippen LogP contribution is 2.33. The van der Waals surface area contributed by atoms with Gasteiger partial charge in [0.05, 0.1) is 0 Å². The Morgan fingerprint density at radius 3 is 0.433 bits per heavy atom. The van der Waals surface area contributed by atoms with Gasteiger partial charge in [0.1, 0.15) is 0 Å². The summed E-state index contributed by atoms with van der Waals surface area (Å²) in [5, 5.41) is 0. The predicted octanol–water partition coefficient (Wildman–Crippen LogP) is -1.27. The van der Waals surface area contributed by atoms with Crippen LogP contribution in [-0.4, -0.2) is 116 Å². The van der Waals surface area contributed by atoms with E-state index in [1.54, 1.807) is 0 Å². The Bertz CT molecular complexity index is 384. The van der Waals surface area contributed by atoms with Crippen LogP contribution in [0.1, 0.15) is 0 Å². The molecule has 0 aromatic heterocycles. The minimum Gasteiger partial charge on any atom is -0.355 e. The average Bonchev–Trinajstić information content (AvgIpc) is 2.81. The van der Waals surface area contributed by atoms with Gasteiger partial charge in [0.15, 0.2) is 0 Å². The largest absolute Gasteiger partial charge is 0.667 e. The van der Waals surface area contributed by atoms with Crippen LogP contribution in [0, 0.1) is 0 Å². The van der Waals surface area contributed by atoms with Gasteiger partial charge in [-0.05, 0) is 0 Å². The van der Waals surface area contributed by atoms with Crippen LogP contribution >= 0.6 is 0 Å². The first-order chi connectivity index (χ1) is 14.1. The molecular weight excluding hydrogens is 501 g/mol. The van der Waals surface area contributed by atoms with Crippen molar-refractivity contribution in [3.63, 3.8) is 0 Å². The zero-order valence-corrected chi connectivity index (χ0v) is 23.6. The van der Waals surface area contributed by atoms with Gasteiger partial charge >= 0.3 is 45.2 Å². The molecule has 0 saturated carbocycles. The van der Waals surface area contributed by atoms with E-state index >= 15 is 0 Å². The fraction of sp³-hybridized carbons (Fsp3) is 1.00. The lowest BCUT2D eigenvalue weighted by molar-refractivity contribution is -0.0841. The third-order valence-electron chi connectivity index (χ3n) is 3.75. The van der Waals surface area contributed by atoms with Crippen molar-refractivity contribution in [1.82, 2.24) is 0 Å². The van der Waals surface area contributed by atoms with Crippen LogP contribution in [-0.2, 0) is 64.8 Å². The summed E-state index contributed by atoms with van der Waals surface area (Å²) in [4.78, 5) is 0. The van der Waals surface area contributed by atoms with E-state index in [0.29, 0.717) is 0 Å². The first-order valence-electron chi connectivity index (χ1n) is 8.16. The SMILES string of the molecule is CO[Si]1(OC)O[Si](OC)(OC)O[Si](OC)(OC)O[Si](OC)(OC)O[Si](OC)(OC)O1. The first kappa shape index (κ1) is 28.5. The maximum absolute atomic E-state index is 5.92. The highest BCUT2D eigenvalue weighted by molar-refractivity contribution is 6.83. The van der Waals surface area contributed by atoms with Crippen molar-refractivity contribution in [1.29, 1.82) is 0 Å². The summed E-state index contributed by atoms with van der Waals surface area (Å²) in [7, 11) is -8.00. The molecular formula is C10H30O15Si5. The molecule has 1 rings (SSSR count). The van der Waals surface area contributed by atoms with Gasteiger partial charge in [0.25, 0.3) is 0 Å². The quantitative estimate of drug-likeness (QED) is 0.310. The second-order valence-corrected chi connectivity index (χ2v) is 18.2. The van der Waals surface area contributed by atoms with Crippen molar-refractivity contribution >= 4 is 45.2 Å². The molecule has 0 atom stereocenters. The van der Waals surface area contributed by atoms with E-state index in [9.17, 15) is 0 Å². The molecule has 0 aromatic carbocycles. The van der Waals surface area contributed by atoms with E-state index in [-0.39, 0.29) is 0 Å². The summed E-state index contributed by atoms with van der Waals surface area (Å²) in [5.74, 6) is 0. The Morgan fingerprint density at radius 2 is 0.367 bits per heavy atom. The maximum Gasteiger partial charge on any atom is 0.667 e. The molecule has 0 amide bonds. The molecule has 180 valence electrons. The molecule has 0 N–H and O–H groups in total. The summed E-state index contributed by atoms with van der Waals surface area (Å²) in [5.41, 5.74) is 0. The van der Waals surface area contributed by atoms with Gasteiger partial charge < -0.3 is 64.8 Å². The summed E-state index contributed by atoms with van der Waals surface area (Å²) >= 11 is 0. The molecule has 0 bridgehead atoms. The van der Waals surface area contributed by atoms with Crippen LogP contribution in [0.3, 0.4) is 0 Å². The summed E-state index contributed by atoms with van der Waals surface area (Å²) in [6, 6.07) is 0. The van der Waals surface area contributed by atoms with Crippen molar-refractivity contribution in [3.8, 4) is 0 Å². The van der Waals surface area contributed by atoms with Crippen LogP contribution < -0.4 is 0 Å². The number of rotatable bonds is 10. The molecule has 1 saturated heterocycles. The molecule has 0 unspecified atom stereocenters.